The molecular weight excluding hydrogens is 444 g/mol. The van der Waals surface area contributed by atoms with Crippen LogP contribution < -0.4 is 0 Å². The number of thiazole rings is 1. The first kappa shape index (κ1) is 21.2. The fraction of sp³-hybridized carbons (Fsp3) is 0.348. The largest absolute Gasteiger partial charge is 0.451 e. The number of hydrogen-bond acceptors (Lipinski definition) is 8. The van der Waals surface area contributed by atoms with Gasteiger partial charge in [-0.2, -0.15) is 0 Å². The van der Waals surface area contributed by atoms with Crippen molar-refractivity contribution in [3.05, 3.63) is 64.2 Å². The minimum Gasteiger partial charge on any atom is -0.451 e. The van der Waals surface area contributed by atoms with Crippen LogP contribution in [0, 0.1) is 13.8 Å². The fourth-order valence-corrected chi connectivity index (χ4v) is 5.79. The number of aryl methyl sites for hydroxylation is 2. The number of carbonyl (C=O) groups excluding carboxylic acids is 1. The molecule has 0 N–H and O–H groups in total. The van der Waals surface area contributed by atoms with E-state index < -0.39 is 0 Å². The van der Waals surface area contributed by atoms with Gasteiger partial charge in [-0.15, -0.1) is 11.3 Å². The summed E-state index contributed by atoms with van der Waals surface area (Å²) in [5, 5.41) is 6.99. The topological polar surface area (TPSA) is 75.6 Å². The van der Waals surface area contributed by atoms with Crippen molar-refractivity contribution in [3.63, 3.8) is 0 Å². The molecule has 4 aromatic rings. The molecule has 1 saturated heterocycles. The number of nitrogens with zero attached hydrogens (tertiary/aromatic N) is 4. The molecule has 0 bridgehead atoms. The van der Waals surface area contributed by atoms with Gasteiger partial charge in [-0.1, -0.05) is 35.1 Å². The van der Waals surface area contributed by atoms with Gasteiger partial charge in [0.1, 0.15) is 9.92 Å². The Balaban J connectivity index is 1.31. The van der Waals surface area contributed by atoms with Gasteiger partial charge >= 0.3 is 0 Å². The zero-order valence-electron chi connectivity index (χ0n) is 18.0. The third-order valence-electron chi connectivity index (χ3n) is 5.55. The molecule has 0 atom stereocenters. The van der Waals surface area contributed by atoms with Crippen molar-refractivity contribution >= 4 is 40.0 Å². The first-order valence-corrected chi connectivity index (χ1v) is 12.4. The average Bonchev–Trinajstić information content (AvgIpc) is 3.50. The van der Waals surface area contributed by atoms with Crippen molar-refractivity contribution in [2.75, 3.05) is 26.2 Å². The van der Waals surface area contributed by atoms with E-state index in [0.29, 0.717) is 31.1 Å². The number of aromatic nitrogens is 2. The third kappa shape index (κ3) is 4.46. The number of thioether (sulfide) groups is 1. The van der Waals surface area contributed by atoms with Crippen LogP contribution in [0.1, 0.15) is 33.3 Å². The lowest BCUT2D eigenvalue weighted by Gasteiger charge is -2.33. The number of fused-ring (bicyclic) bond motifs is 1. The molecule has 4 heterocycles. The first-order chi connectivity index (χ1) is 15.6. The summed E-state index contributed by atoms with van der Waals surface area (Å²) in [4.78, 5) is 22.1. The summed E-state index contributed by atoms with van der Waals surface area (Å²) in [5.41, 5.74) is 3.60. The zero-order valence-corrected chi connectivity index (χ0v) is 19.7. The summed E-state index contributed by atoms with van der Waals surface area (Å²) in [6.45, 7) is 7.50. The number of rotatable bonds is 6. The van der Waals surface area contributed by atoms with E-state index in [1.54, 1.807) is 23.1 Å². The van der Waals surface area contributed by atoms with E-state index in [1.807, 2.05) is 54.5 Å². The monoisotopic (exact) mass is 468 g/mol. The maximum Gasteiger partial charge on any atom is 0.290 e. The van der Waals surface area contributed by atoms with Crippen LogP contribution in [-0.2, 0) is 12.3 Å². The van der Waals surface area contributed by atoms with Gasteiger partial charge in [0.15, 0.2) is 11.5 Å². The van der Waals surface area contributed by atoms with Gasteiger partial charge in [0.25, 0.3) is 5.91 Å². The molecule has 3 aromatic heterocycles. The Labute approximate surface area is 194 Å². The highest BCUT2D eigenvalue weighted by molar-refractivity contribution is 8.00. The Morgan fingerprint density at radius 2 is 1.97 bits per heavy atom. The Hall–Kier alpha value is -2.62. The van der Waals surface area contributed by atoms with Crippen molar-refractivity contribution in [3.8, 4) is 0 Å². The highest BCUT2D eigenvalue weighted by Crippen LogP contribution is 2.34. The van der Waals surface area contributed by atoms with Crippen molar-refractivity contribution in [2.45, 2.75) is 30.5 Å². The van der Waals surface area contributed by atoms with Crippen molar-refractivity contribution in [1.29, 1.82) is 0 Å². The van der Waals surface area contributed by atoms with Gasteiger partial charge in [-0.25, -0.2) is 4.98 Å². The Morgan fingerprint density at radius 3 is 2.69 bits per heavy atom. The molecule has 0 radical (unpaired) electrons. The second-order valence-electron chi connectivity index (χ2n) is 7.95. The second-order valence-corrected chi connectivity index (χ2v) is 10.0. The van der Waals surface area contributed by atoms with Crippen molar-refractivity contribution in [1.82, 2.24) is 19.9 Å². The van der Waals surface area contributed by atoms with Crippen LogP contribution in [0.2, 0.25) is 0 Å². The SMILES string of the molecule is Cc1cc(CN2CCN(C(=O)c3oc4ccccc4c3CSc3nc(C)cs3)CC2)on1. The molecule has 0 unspecified atom stereocenters. The summed E-state index contributed by atoms with van der Waals surface area (Å²) >= 11 is 3.28. The van der Waals surface area contributed by atoms with E-state index in [1.165, 1.54) is 0 Å². The maximum absolute atomic E-state index is 13.4. The van der Waals surface area contributed by atoms with Gasteiger partial charge in [0.2, 0.25) is 0 Å². The molecule has 1 aliphatic heterocycles. The smallest absolute Gasteiger partial charge is 0.290 e. The number of benzene rings is 1. The number of piperazine rings is 1. The van der Waals surface area contributed by atoms with Crippen LogP contribution in [0.4, 0.5) is 0 Å². The highest BCUT2D eigenvalue weighted by atomic mass is 32.2. The number of furan rings is 1. The van der Waals surface area contributed by atoms with Crippen LogP contribution >= 0.6 is 23.1 Å². The number of para-hydroxylation sites is 1. The Morgan fingerprint density at radius 1 is 1.16 bits per heavy atom. The van der Waals surface area contributed by atoms with Crippen molar-refractivity contribution in [2.24, 2.45) is 0 Å². The molecule has 1 fully saturated rings. The molecule has 1 aromatic carbocycles. The normalized spacial score (nSPS) is 15.0. The molecular formula is C23H24N4O3S2. The van der Waals surface area contributed by atoms with Gasteiger partial charge in [-0.3, -0.25) is 9.69 Å². The van der Waals surface area contributed by atoms with Gasteiger partial charge in [-0.05, 0) is 19.9 Å². The summed E-state index contributed by atoms with van der Waals surface area (Å²) in [6, 6.07) is 9.82. The lowest BCUT2D eigenvalue weighted by atomic mass is 10.1. The first-order valence-electron chi connectivity index (χ1n) is 10.6. The minimum absolute atomic E-state index is 0.0396. The minimum atomic E-state index is -0.0396. The molecule has 7 nitrogen and oxygen atoms in total. The molecule has 0 saturated carbocycles. The van der Waals surface area contributed by atoms with Gasteiger partial charge in [0, 0.05) is 60.0 Å². The molecule has 0 aliphatic carbocycles. The highest BCUT2D eigenvalue weighted by Gasteiger charge is 2.28. The molecule has 1 amide bonds. The van der Waals surface area contributed by atoms with E-state index in [4.69, 9.17) is 8.94 Å². The quantitative estimate of drug-likeness (QED) is 0.378. The number of carbonyl (C=O) groups is 1. The van der Waals surface area contributed by atoms with E-state index in [-0.39, 0.29) is 5.91 Å². The molecule has 166 valence electrons. The van der Waals surface area contributed by atoms with Crippen LogP contribution in [-0.4, -0.2) is 52.0 Å². The summed E-state index contributed by atoms with van der Waals surface area (Å²) in [6.07, 6.45) is 0. The lowest BCUT2D eigenvalue weighted by molar-refractivity contribution is 0.0588. The molecule has 9 heteroatoms. The zero-order chi connectivity index (χ0) is 22.1. The van der Waals surface area contributed by atoms with Crippen molar-refractivity contribution < 1.29 is 13.7 Å². The van der Waals surface area contributed by atoms with Gasteiger partial charge in [0.05, 0.1) is 12.2 Å². The second kappa shape index (κ2) is 9.09. The average molecular weight is 469 g/mol. The van der Waals surface area contributed by atoms with Crippen LogP contribution in [0.3, 0.4) is 0 Å². The van der Waals surface area contributed by atoms with E-state index in [2.05, 4.69) is 15.0 Å². The van der Waals surface area contributed by atoms with Crippen LogP contribution in [0.15, 0.2) is 49.0 Å². The third-order valence-corrected chi connectivity index (χ3v) is 7.71. The van der Waals surface area contributed by atoms with Crippen LogP contribution in [0.25, 0.3) is 11.0 Å². The Bertz CT molecular complexity index is 1240. The summed E-state index contributed by atoms with van der Waals surface area (Å²) in [7, 11) is 0. The van der Waals surface area contributed by atoms with E-state index in [9.17, 15) is 4.79 Å². The molecule has 0 spiro atoms. The summed E-state index contributed by atoms with van der Waals surface area (Å²) in [5.74, 6) is 1.92. The predicted molar refractivity (Wildman–Crippen MR) is 125 cm³/mol. The fourth-order valence-electron chi connectivity index (χ4n) is 3.91. The number of amides is 1. The van der Waals surface area contributed by atoms with Crippen LogP contribution in [0.5, 0.6) is 0 Å². The lowest BCUT2D eigenvalue weighted by Crippen LogP contribution is -2.48. The van der Waals surface area contributed by atoms with E-state index in [0.717, 1.165) is 51.1 Å². The Kier molecular flexibility index (Phi) is 6.03. The molecule has 32 heavy (non-hydrogen) atoms. The molecule has 5 rings (SSSR count). The maximum atomic E-state index is 13.4. The van der Waals surface area contributed by atoms with E-state index >= 15 is 0 Å². The standard InChI is InChI=1S/C23H24N4O3S2/c1-15-11-17(30-25-15)12-26-7-9-27(10-8-26)22(28)21-19(14-32-23-24-16(2)13-31-23)18-5-3-4-6-20(18)29-21/h3-6,11,13H,7-10,12,14H2,1-2H3. The molecule has 1 aliphatic rings. The summed E-state index contributed by atoms with van der Waals surface area (Å²) < 4.78 is 12.4. The predicted octanol–water partition coefficient (Wildman–Crippen LogP) is 4.74. The van der Waals surface area contributed by atoms with Gasteiger partial charge < -0.3 is 13.8 Å². The number of hydrogen-bond donors (Lipinski definition) is 0.